The first-order chi connectivity index (χ1) is 13.1. The third-order valence-corrected chi connectivity index (χ3v) is 5.10. The lowest BCUT2D eigenvalue weighted by molar-refractivity contribution is -0.118. The minimum Gasteiger partial charge on any atom is -0.497 e. The SMILES string of the molecule is CCn1c(SCC(=O)NCc2ccc(OC)cc2)nc2ccccc2c1=O. The maximum absolute atomic E-state index is 12.6. The molecule has 27 heavy (non-hydrogen) atoms. The molecule has 0 aliphatic heterocycles. The lowest BCUT2D eigenvalue weighted by atomic mass is 10.2. The number of carbonyl (C=O) groups is 1. The molecule has 0 bridgehead atoms. The number of benzene rings is 2. The Hall–Kier alpha value is -2.80. The first-order valence-electron chi connectivity index (χ1n) is 8.64. The standard InChI is InChI=1S/C20H21N3O3S/c1-3-23-19(25)16-6-4-5-7-17(16)22-20(23)27-13-18(24)21-12-14-8-10-15(26-2)11-9-14/h4-11H,3,12-13H2,1-2H3,(H,21,24). The number of rotatable bonds is 7. The molecule has 0 spiro atoms. The van der Waals surface area contributed by atoms with E-state index in [9.17, 15) is 9.59 Å². The van der Waals surface area contributed by atoms with Gasteiger partial charge in [0.25, 0.3) is 5.56 Å². The van der Waals surface area contributed by atoms with E-state index in [0.717, 1.165) is 11.3 Å². The smallest absolute Gasteiger partial charge is 0.262 e. The molecule has 0 atom stereocenters. The number of methoxy groups -OCH3 is 1. The van der Waals surface area contributed by atoms with Crippen LogP contribution in [0.5, 0.6) is 5.75 Å². The van der Waals surface area contributed by atoms with Crippen molar-refractivity contribution in [1.82, 2.24) is 14.9 Å². The van der Waals surface area contributed by atoms with E-state index < -0.39 is 0 Å². The highest BCUT2D eigenvalue weighted by Gasteiger charge is 2.12. The summed E-state index contributed by atoms with van der Waals surface area (Å²) in [5.74, 6) is 0.863. The highest BCUT2D eigenvalue weighted by Crippen LogP contribution is 2.17. The number of nitrogens with zero attached hydrogens (tertiary/aromatic N) is 2. The Morgan fingerprint density at radius 1 is 1.19 bits per heavy atom. The van der Waals surface area contributed by atoms with Gasteiger partial charge in [-0.1, -0.05) is 36.0 Å². The van der Waals surface area contributed by atoms with Gasteiger partial charge in [0.15, 0.2) is 5.16 Å². The highest BCUT2D eigenvalue weighted by atomic mass is 32.2. The molecule has 0 fully saturated rings. The lowest BCUT2D eigenvalue weighted by Crippen LogP contribution is -2.26. The fourth-order valence-corrected chi connectivity index (χ4v) is 3.55. The summed E-state index contributed by atoms with van der Waals surface area (Å²) in [5.41, 5.74) is 1.56. The highest BCUT2D eigenvalue weighted by molar-refractivity contribution is 7.99. The number of carbonyl (C=O) groups excluding carboxylic acids is 1. The van der Waals surface area contributed by atoms with Crippen molar-refractivity contribution in [2.75, 3.05) is 12.9 Å². The molecule has 1 amide bonds. The first-order valence-corrected chi connectivity index (χ1v) is 9.63. The molecule has 0 unspecified atom stereocenters. The van der Waals surface area contributed by atoms with E-state index >= 15 is 0 Å². The van der Waals surface area contributed by atoms with Crippen LogP contribution in [-0.4, -0.2) is 28.3 Å². The van der Waals surface area contributed by atoms with Gasteiger partial charge in [-0.05, 0) is 36.8 Å². The Morgan fingerprint density at radius 3 is 2.63 bits per heavy atom. The molecule has 2 aromatic carbocycles. The van der Waals surface area contributed by atoms with Gasteiger partial charge in [0.2, 0.25) is 5.91 Å². The van der Waals surface area contributed by atoms with E-state index in [-0.39, 0.29) is 17.2 Å². The van der Waals surface area contributed by atoms with E-state index in [2.05, 4.69) is 10.3 Å². The maximum atomic E-state index is 12.6. The molecule has 3 rings (SSSR count). The number of ether oxygens (including phenoxy) is 1. The Kier molecular flexibility index (Phi) is 6.13. The van der Waals surface area contributed by atoms with Crippen molar-refractivity contribution in [3.05, 3.63) is 64.4 Å². The van der Waals surface area contributed by atoms with Crippen LogP contribution in [0.15, 0.2) is 58.5 Å². The Labute approximate surface area is 161 Å². The molecule has 0 saturated heterocycles. The van der Waals surface area contributed by atoms with Crippen molar-refractivity contribution < 1.29 is 9.53 Å². The predicted octanol–water partition coefficient (Wildman–Crippen LogP) is 2.83. The molecule has 3 aromatic rings. The summed E-state index contributed by atoms with van der Waals surface area (Å²) < 4.78 is 6.72. The molecular weight excluding hydrogens is 362 g/mol. The van der Waals surface area contributed by atoms with Crippen molar-refractivity contribution >= 4 is 28.6 Å². The number of nitrogens with one attached hydrogen (secondary N) is 1. The Bertz CT molecular complexity index is 1000. The summed E-state index contributed by atoms with van der Waals surface area (Å²) in [5, 5.41) is 4.03. The summed E-state index contributed by atoms with van der Waals surface area (Å²) in [4.78, 5) is 29.3. The van der Waals surface area contributed by atoms with E-state index in [4.69, 9.17) is 4.74 Å². The molecule has 0 radical (unpaired) electrons. The summed E-state index contributed by atoms with van der Waals surface area (Å²) in [6.07, 6.45) is 0. The van der Waals surface area contributed by atoms with Gasteiger partial charge in [0.05, 0.1) is 23.8 Å². The van der Waals surface area contributed by atoms with Crippen LogP contribution >= 0.6 is 11.8 Å². The van der Waals surface area contributed by atoms with Crippen molar-refractivity contribution in [2.45, 2.75) is 25.2 Å². The van der Waals surface area contributed by atoms with Crippen LogP contribution in [0.25, 0.3) is 10.9 Å². The number of aromatic nitrogens is 2. The van der Waals surface area contributed by atoms with E-state index in [1.807, 2.05) is 49.4 Å². The van der Waals surface area contributed by atoms with Gasteiger partial charge in [-0.15, -0.1) is 0 Å². The lowest BCUT2D eigenvalue weighted by Gasteiger charge is -2.11. The molecule has 1 N–H and O–H groups in total. The predicted molar refractivity (Wildman–Crippen MR) is 107 cm³/mol. The zero-order chi connectivity index (χ0) is 19.2. The summed E-state index contributed by atoms with van der Waals surface area (Å²) >= 11 is 1.27. The molecule has 1 aromatic heterocycles. The average Bonchev–Trinajstić information content (AvgIpc) is 2.71. The van der Waals surface area contributed by atoms with Crippen LogP contribution in [0.1, 0.15) is 12.5 Å². The topological polar surface area (TPSA) is 73.2 Å². The normalized spacial score (nSPS) is 10.7. The molecule has 0 saturated carbocycles. The third-order valence-electron chi connectivity index (χ3n) is 4.12. The van der Waals surface area contributed by atoms with Gasteiger partial charge in [-0.2, -0.15) is 0 Å². The van der Waals surface area contributed by atoms with Crippen molar-refractivity contribution in [3.63, 3.8) is 0 Å². The second kappa shape index (κ2) is 8.73. The second-order valence-electron chi connectivity index (χ2n) is 5.87. The van der Waals surface area contributed by atoms with Crippen LogP contribution in [0.3, 0.4) is 0 Å². The number of fused-ring (bicyclic) bond motifs is 1. The van der Waals surface area contributed by atoms with Gasteiger partial charge < -0.3 is 10.1 Å². The van der Waals surface area contributed by atoms with Gasteiger partial charge in [-0.25, -0.2) is 4.98 Å². The summed E-state index contributed by atoms with van der Waals surface area (Å²) in [7, 11) is 1.62. The van der Waals surface area contributed by atoms with Crippen molar-refractivity contribution in [1.29, 1.82) is 0 Å². The number of para-hydroxylation sites is 1. The molecule has 140 valence electrons. The number of hydrogen-bond donors (Lipinski definition) is 1. The molecular formula is C20H21N3O3S. The van der Waals surface area contributed by atoms with Gasteiger partial charge in [0, 0.05) is 13.1 Å². The van der Waals surface area contributed by atoms with Crippen LogP contribution < -0.4 is 15.6 Å². The first kappa shape index (κ1) is 19.0. The largest absolute Gasteiger partial charge is 0.497 e. The van der Waals surface area contributed by atoms with Gasteiger partial charge in [-0.3, -0.25) is 14.2 Å². The van der Waals surface area contributed by atoms with Crippen LogP contribution in [-0.2, 0) is 17.9 Å². The monoisotopic (exact) mass is 383 g/mol. The van der Waals surface area contributed by atoms with E-state index in [1.54, 1.807) is 17.7 Å². The molecule has 0 aliphatic rings. The fourth-order valence-electron chi connectivity index (χ4n) is 2.66. The summed E-state index contributed by atoms with van der Waals surface area (Å²) in [6, 6.07) is 14.8. The average molecular weight is 383 g/mol. The minimum absolute atomic E-state index is 0.0794. The molecule has 0 aliphatic carbocycles. The van der Waals surface area contributed by atoms with E-state index in [1.165, 1.54) is 11.8 Å². The minimum atomic E-state index is -0.110. The quantitative estimate of drug-likeness (QED) is 0.502. The third kappa shape index (κ3) is 4.49. The molecule has 7 heteroatoms. The maximum Gasteiger partial charge on any atom is 0.262 e. The van der Waals surface area contributed by atoms with E-state index in [0.29, 0.717) is 29.1 Å². The molecule has 6 nitrogen and oxygen atoms in total. The zero-order valence-corrected chi connectivity index (χ0v) is 16.1. The van der Waals surface area contributed by atoms with Gasteiger partial charge in [0.1, 0.15) is 5.75 Å². The number of amides is 1. The van der Waals surface area contributed by atoms with Gasteiger partial charge >= 0.3 is 0 Å². The fraction of sp³-hybridized carbons (Fsp3) is 0.250. The second-order valence-corrected chi connectivity index (χ2v) is 6.82. The van der Waals surface area contributed by atoms with Crippen molar-refractivity contribution in [2.24, 2.45) is 0 Å². The molecule has 1 heterocycles. The zero-order valence-electron chi connectivity index (χ0n) is 15.3. The Morgan fingerprint density at radius 2 is 1.93 bits per heavy atom. The van der Waals surface area contributed by atoms with Crippen LogP contribution in [0.2, 0.25) is 0 Å². The number of hydrogen-bond acceptors (Lipinski definition) is 5. The van der Waals surface area contributed by atoms with Crippen LogP contribution in [0.4, 0.5) is 0 Å². The van der Waals surface area contributed by atoms with Crippen molar-refractivity contribution in [3.8, 4) is 5.75 Å². The Balaban J connectivity index is 1.65. The van der Waals surface area contributed by atoms with Crippen LogP contribution in [0, 0.1) is 0 Å². The number of thioether (sulfide) groups is 1. The summed E-state index contributed by atoms with van der Waals surface area (Å²) in [6.45, 7) is 2.84.